The van der Waals surface area contributed by atoms with E-state index in [9.17, 15) is 0 Å². The van der Waals surface area contributed by atoms with Gasteiger partial charge in [0.25, 0.3) is 0 Å². The molecule has 2 nitrogen and oxygen atoms in total. The van der Waals surface area contributed by atoms with Gasteiger partial charge in [-0.2, -0.15) is 0 Å². The van der Waals surface area contributed by atoms with Gasteiger partial charge in [0, 0.05) is 17.9 Å². The molecule has 1 aliphatic rings. The molecule has 0 amide bonds. The third-order valence-corrected chi connectivity index (χ3v) is 4.70. The van der Waals surface area contributed by atoms with E-state index in [-0.39, 0.29) is 0 Å². The van der Waals surface area contributed by atoms with Crippen molar-refractivity contribution in [3.8, 4) is 0 Å². The molecule has 2 rings (SSSR count). The lowest BCUT2D eigenvalue weighted by molar-refractivity contribution is 0.137. The lowest BCUT2D eigenvalue weighted by atomic mass is 9.74. The molecule has 106 valence electrons. The Kier molecular flexibility index (Phi) is 4.29. The Morgan fingerprint density at radius 2 is 1.79 bits per heavy atom. The summed E-state index contributed by atoms with van der Waals surface area (Å²) in [6.45, 7) is 13.9. The van der Waals surface area contributed by atoms with E-state index >= 15 is 0 Å². The molecular formula is C17H28N2. The van der Waals surface area contributed by atoms with Crippen LogP contribution in [-0.2, 0) is 5.41 Å². The molecule has 0 spiro atoms. The molecule has 0 unspecified atom stereocenters. The molecule has 0 saturated carbocycles. The van der Waals surface area contributed by atoms with Gasteiger partial charge in [0.2, 0.25) is 0 Å². The van der Waals surface area contributed by atoms with E-state index in [1.807, 2.05) is 6.20 Å². The Balaban J connectivity index is 2.15. The van der Waals surface area contributed by atoms with E-state index < -0.39 is 0 Å². The Labute approximate surface area is 118 Å². The standard InChI is InChI=1S/C17H28N2/c1-13(2)16-12-15(6-9-18-16)17(5)7-10-19(11-8-17)14(3)4/h6,9,12-14H,7-8,10-11H2,1-5H3. The van der Waals surface area contributed by atoms with Crippen LogP contribution in [0.4, 0.5) is 0 Å². The summed E-state index contributed by atoms with van der Waals surface area (Å²) in [5, 5.41) is 0. The van der Waals surface area contributed by atoms with Crippen molar-refractivity contribution >= 4 is 0 Å². The molecule has 0 aromatic carbocycles. The second-order valence-electron chi connectivity index (χ2n) is 6.81. The Hall–Kier alpha value is -0.890. The van der Waals surface area contributed by atoms with Gasteiger partial charge in [0.05, 0.1) is 0 Å². The highest BCUT2D eigenvalue weighted by Crippen LogP contribution is 2.36. The van der Waals surface area contributed by atoms with Gasteiger partial charge < -0.3 is 4.90 Å². The number of aromatic nitrogens is 1. The second kappa shape index (κ2) is 5.62. The van der Waals surface area contributed by atoms with Gasteiger partial charge in [-0.1, -0.05) is 20.8 Å². The van der Waals surface area contributed by atoms with Crippen LogP contribution in [0.5, 0.6) is 0 Å². The summed E-state index contributed by atoms with van der Waals surface area (Å²) < 4.78 is 0. The molecule has 1 aliphatic heterocycles. The normalized spacial score (nSPS) is 20.2. The highest BCUT2D eigenvalue weighted by atomic mass is 15.1. The van der Waals surface area contributed by atoms with Gasteiger partial charge in [-0.25, -0.2) is 0 Å². The first-order valence-corrected chi connectivity index (χ1v) is 7.63. The third-order valence-electron chi connectivity index (χ3n) is 4.70. The van der Waals surface area contributed by atoms with E-state index in [1.54, 1.807) is 0 Å². The first-order valence-electron chi connectivity index (χ1n) is 7.63. The molecule has 2 heteroatoms. The molecule has 2 heterocycles. The van der Waals surface area contributed by atoms with Crippen LogP contribution in [-0.4, -0.2) is 29.0 Å². The molecule has 1 aromatic rings. The smallest absolute Gasteiger partial charge is 0.0431 e. The predicted molar refractivity (Wildman–Crippen MR) is 81.6 cm³/mol. The van der Waals surface area contributed by atoms with Crippen molar-refractivity contribution in [2.24, 2.45) is 0 Å². The van der Waals surface area contributed by atoms with E-state index in [2.05, 4.69) is 56.6 Å². The number of rotatable bonds is 3. The van der Waals surface area contributed by atoms with Crippen LogP contribution in [0, 0.1) is 0 Å². The highest BCUT2D eigenvalue weighted by molar-refractivity contribution is 5.27. The van der Waals surface area contributed by atoms with Crippen molar-refractivity contribution < 1.29 is 0 Å². The van der Waals surface area contributed by atoms with Crippen molar-refractivity contribution in [2.45, 2.75) is 64.8 Å². The topological polar surface area (TPSA) is 16.1 Å². The number of hydrogen-bond donors (Lipinski definition) is 0. The minimum Gasteiger partial charge on any atom is -0.301 e. The van der Waals surface area contributed by atoms with Crippen LogP contribution in [0.1, 0.15) is 64.6 Å². The van der Waals surface area contributed by atoms with Crippen LogP contribution in [0.2, 0.25) is 0 Å². The summed E-state index contributed by atoms with van der Waals surface area (Å²) in [5.41, 5.74) is 3.04. The van der Waals surface area contributed by atoms with E-state index in [0.717, 1.165) is 0 Å². The summed E-state index contributed by atoms with van der Waals surface area (Å²) in [7, 11) is 0. The molecule has 1 saturated heterocycles. The summed E-state index contributed by atoms with van der Waals surface area (Å²) in [6, 6.07) is 5.22. The van der Waals surface area contributed by atoms with Gasteiger partial charge in [-0.05, 0) is 68.8 Å². The van der Waals surface area contributed by atoms with Crippen LogP contribution in [0.15, 0.2) is 18.3 Å². The molecule has 1 fully saturated rings. The molecule has 0 atom stereocenters. The van der Waals surface area contributed by atoms with Gasteiger partial charge in [-0.3, -0.25) is 4.98 Å². The maximum Gasteiger partial charge on any atom is 0.0431 e. The Morgan fingerprint density at radius 3 is 2.32 bits per heavy atom. The zero-order valence-electron chi connectivity index (χ0n) is 13.1. The van der Waals surface area contributed by atoms with Crippen LogP contribution >= 0.6 is 0 Å². The van der Waals surface area contributed by atoms with Gasteiger partial charge in [0.1, 0.15) is 0 Å². The largest absolute Gasteiger partial charge is 0.301 e. The molecule has 0 radical (unpaired) electrons. The first-order chi connectivity index (χ1) is 8.92. The molecular weight excluding hydrogens is 232 g/mol. The minimum absolute atomic E-state index is 0.331. The van der Waals surface area contributed by atoms with E-state index in [1.165, 1.54) is 37.2 Å². The Bertz CT molecular complexity index is 415. The SMILES string of the molecule is CC(C)c1cc(C2(C)CCN(C(C)C)CC2)ccn1. The van der Waals surface area contributed by atoms with Crippen LogP contribution < -0.4 is 0 Å². The number of nitrogens with zero attached hydrogens (tertiary/aromatic N) is 2. The van der Waals surface area contributed by atoms with Gasteiger partial charge >= 0.3 is 0 Å². The molecule has 0 aliphatic carbocycles. The zero-order chi connectivity index (χ0) is 14.0. The van der Waals surface area contributed by atoms with Crippen LogP contribution in [0.3, 0.4) is 0 Å². The fraction of sp³-hybridized carbons (Fsp3) is 0.706. The average Bonchev–Trinajstić information content (AvgIpc) is 2.39. The first kappa shape index (κ1) is 14.5. The fourth-order valence-corrected chi connectivity index (χ4v) is 2.96. The maximum atomic E-state index is 4.50. The van der Waals surface area contributed by atoms with E-state index in [4.69, 9.17) is 0 Å². The quantitative estimate of drug-likeness (QED) is 0.817. The summed E-state index contributed by atoms with van der Waals surface area (Å²) >= 11 is 0. The number of piperidine rings is 1. The number of hydrogen-bond acceptors (Lipinski definition) is 2. The summed E-state index contributed by atoms with van der Waals surface area (Å²) in [5.74, 6) is 0.513. The number of pyridine rings is 1. The fourth-order valence-electron chi connectivity index (χ4n) is 2.96. The van der Waals surface area contributed by atoms with Gasteiger partial charge in [-0.15, -0.1) is 0 Å². The highest BCUT2D eigenvalue weighted by Gasteiger charge is 2.32. The maximum absolute atomic E-state index is 4.50. The zero-order valence-corrected chi connectivity index (χ0v) is 13.1. The van der Waals surface area contributed by atoms with Crippen molar-refractivity contribution in [3.63, 3.8) is 0 Å². The summed E-state index contributed by atoms with van der Waals surface area (Å²) in [6.07, 6.45) is 4.50. The molecule has 0 bridgehead atoms. The Morgan fingerprint density at radius 1 is 1.16 bits per heavy atom. The molecule has 0 N–H and O–H groups in total. The molecule has 1 aromatic heterocycles. The second-order valence-corrected chi connectivity index (χ2v) is 6.81. The van der Waals surface area contributed by atoms with Crippen molar-refractivity contribution in [1.29, 1.82) is 0 Å². The predicted octanol–water partition coefficient (Wildman–Crippen LogP) is 3.97. The average molecular weight is 260 g/mol. The van der Waals surface area contributed by atoms with Crippen LogP contribution in [0.25, 0.3) is 0 Å². The van der Waals surface area contributed by atoms with Crippen molar-refractivity contribution in [2.75, 3.05) is 13.1 Å². The third kappa shape index (κ3) is 3.17. The molecule has 19 heavy (non-hydrogen) atoms. The minimum atomic E-state index is 0.331. The number of likely N-dealkylation sites (tertiary alicyclic amines) is 1. The van der Waals surface area contributed by atoms with Crippen molar-refractivity contribution in [3.05, 3.63) is 29.6 Å². The van der Waals surface area contributed by atoms with Crippen molar-refractivity contribution in [1.82, 2.24) is 9.88 Å². The summed E-state index contributed by atoms with van der Waals surface area (Å²) in [4.78, 5) is 7.09. The van der Waals surface area contributed by atoms with E-state index in [0.29, 0.717) is 17.4 Å². The lowest BCUT2D eigenvalue weighted by Crippen LogP contribution is -2.44. The lowest BCUT2D eigenvalue weighted by Gasteiger charge is -2.41. The van der Waals surface area contributed by atoms with Gasteiger partial charge in [0.15, 0.2) is 0 Å². The monoisotopic (exact) mass is 260 g/mol.